The average molecular weight is 340 g/mol. The summed E-state index contributed by atoms with van der Waals surface area (Å²) in [6, 6.07) is 20.6. The second-order valence-corrected chi connectivity index (χ2v) is 6.66. The number of rotatable bonds is 3. The molecule has 4 rings (SSSR count). The van der Waals surface area contributed by atoms with Crippen LogP contribution in [0, 0.1) is 0 Å². The highest BCUT2D eigenvalue weighted by Crippen LogP contribution is 2.53. The molecule has 26 heavy (non-hydrogen) atoms. The second kappa shape index (κ2) is 5.99. The Balaban J connectivity index is 2.13. The molecular weight excluding hydrogens is 320 g/mol. The highest BCUT2D eigenvalue weighted by Gasteiger charge is 2.45. The smallest absolute Gasteiger partial charge is 0.334 e. The van der Waals surface area contributed by atoms with Crippen molar-refractivity contribution in [3.05, 3.63) is 96.1 Å². The molecule has 2 heteroatoms. The summed E-state index contributed by atoms with van der Waals surface area (Å²) in [5, 5.41) is 2.22. The van der Waals surface area contributed by atoms with Crippen molar-refractivity contribution in [1.82, 2.24) is 0 Å². The Kier molecular flexibility index (Phi) is 3.77. The Morgan fingerprint density at radius 3 is 2.50 bits per heavy atom. The molecule has 0 aromatic heterocycles. The number of carbonyl (C=O) groups is 1. The van der Waals surface area contributed by atoms with Crippen LogP contribution in [0.1, 0.15) is 25.0 Å². The van der Waals surface area contributed by atoms with Gasteiger partial charge < -0.3 is 4.74 Å². The van der Waals surface area contributed by atoms with Gasteiger partial charge in [-0.25, -0.2) is 4.79 Å². The third-order valence-electron chi connectivity index (χ3n) is 4.92. The van der Waals surface area contributed by atoms with Gasteiger partial charge in [-0.3, -0.25) is 0 Å². The molecule has 1 aliphatic rings. The van der Waals surface area contributed by atoms with Gasteiger partial charge in [0.15, 0.2) is 5.60 Å². The molecular formula is C24H20O2. The van der Waals surface area contributed by atoms with Crippen molar-refractivity contribution in [2.75, 3.05) is 0 Å². The van der Waals surface area contributed by atoms with E-state index in [2.05, 4.69) is 36.9 Å². The summed E-state index contributed by atoms with van der Waals surface area (Å²) in [7, 11) is 0. The van der Waals surface area contributed by atoms with Crippen molar-refractivity contribution in [3.8, 4) is 11.1 Å². The van der Waals surface area contributed by atoms with E-state index in [9.17, 15) is 4.79 Å². The van der Waals surface area contributed by atoms with Gasteiger partial charge in [-0.1, -0.05) is 73.3 Å². The maximum atomic E-state index is 12.6. The van der Waals surface area contributed by atoms with E-state index in [0.29, 0.717) is 5.57 Å². The molecule has 128 valence electrons. The van der Waals surface area contributed by atoms with E-state index in [4.69, 9.17) is 4.74 Å². The van der Waals surface area contributed by atoms with Gasteiger partial charge >= 0.3 is 5.97 Å². The Labute approximate surface area is 153 Å². The molecule has 0 N–H and O–H groups in total. The molecule has 1 unspecified atom stereocenters. The van der Waals surface area contributed by atoms with Gasteiger partial charge in [-0.05, 0) is 41.8 Å². The molecule has 0 saturated heterocycles. The molecule has 1 atom stereocenters. The van der Waals surface area contributed by atoms with Crippen LogP contribution in [-0.2, 0) is 15.1 Å². The number of hydrogen-bond acceptors (Lipinski definition) is 2. The van der Waals surface area contributed by atoms with Crippen LogP contribution in [0.15, 0.2) is 85.0 Å². The second-order valence-electron chi connectivity index (χ2n) is 6.66. The summed E-state index contributed by atoms with van der Waals surface area (Å²) >= 11 is 0. The number of carbonyl (C=O) groups excluding carboxylic acids is 1. The van der Waals surface area contributed by atoms with E-state index in [0.717, 1.165) is 33.0 Å². The van der Waals surface area contributed by atoms with E-state index in [1.807, 2.05) is 49.4 Å². The molecule has 0 aliphatic heterocycles. The largest absolute Gasteiger partial charge is 0.441 e. The van der Waals surface area contributed by atoms with Crippen molar-refractivity contribution < 1.29 is 9.53 Å². The number of allylic oxidation sites excluding steroid dienone is 1. The fourth-order valence-electron chi connectivity index (χ4n) is 3.85. The fourth-order valence-corrected chi connectivity index (χ4v) is 3.85. The lowest BCUT2D eigenvalue weighted by atomic mass is 9.87. The van der Waals surface area contributed by atoms with Crippen molar-refractivity contribution in [1.29, 1.82) is 0 Å². The third-order valence-corrected chi connectivity index (χ3v) is 4.92. The minimum absolute atomic E-state index is 0.389. The molecule has 0 amide bonds. The van der Waals surface area contributed by atoms with Crippen LogP contribution in [0.5, 0.6) is 0 Å². The molecule has 0 bridgehead atoms. The van der Waals surface area contributed by atoms with Crippen LogP contribution in [0.25, 0.3) is 21.9 Å². The molecule has 0 spiro atoms. The molecule has 3 aromatic carbocycles. The number of ether oxygens (including phenoxy) is 1. The Morgan fingerprint density at radius 1 is 1.00 bits per heavy atom. The van der Waals surface area contributed by atoms with E-state index < -0.39 is 11.6 Å². The quantitative estimate of drug-likeness (QED) is 0.344. The molecule has 0 radical (unpaired) electrons. The lowest BCUT2D eigenvalue weighted by Gasteiger charge is -2.30. The summed E-state index contributed by atoms with van der Waals surface area (Å²) in [6.07, 6.45) is 3.92. The summed E-state index contributed by atoms with van der Waals surface area (Å²) in [5.74, 6) is -0.390. The van der Waals surface area contributed by atoms with Crippen molar-refractivity contribution in [2.24, 2.45) is 0 Å². The van der Waals surface area contributed by atoms with Crippen LogP contribution in [0.3, 0.4) is 0 Å². The van der Waals surface area contributed by atoms with Gasteiger partial charge in [0, 0.05) is 16.7 Å². The van der Waals surface area contributed by atoms with Gasteiger partial charge in [0.05, 0.1) is 0 Å². The Bertz CT molecular complexity index is 1070. The third kappa shape index (κ3) is 2.22. The first-order valence-electron chi connectivity index (χ1n) is 8.73. The zero-order chi connectivity index (χ0) is 18.3. The summed E-state index contributed by atoms with van der Waals surface area (Å²) in [6.45, 7) is 7.39. The van der Waals surface area contributed by atoms with Gasteiger partial charge in [0.25, 0.3) is 0 Å². The number of hydrogen-bond donors (Lipinski definition) is 0. The topological polar surface area (TPSA) is 26.3 Å². The normalized spacial score (nSPS) is 17.9. The first-order chi connectivity index (χ1) is 12.6. The number of benzene rings is 3. The molecule has 0 heterocycles. The summed E-state index contributed by atoms with van der Waals surface area (Å²) < 4.78 is 6.14. The molecule has 0 saturated carbocycles. The van der Waals surface area contributed by atoms with Crippen LogP contribution in [0.4, 0.5) is 0 Å². The fraction of sp³-hybridized carbons (Fsp3) is 0.125. The monoisotopic (exact) mass is 340 g/mol. The van der Waals surface area contributed by atoms with Crippen LogP contribution >= 0.6 is 0 Å². The zero-order valence-electron chi connectivity index (χ0n) is 15.0. The summed E-state index contributed by atoms with van der Waals surface area (Å²) in [5.41, 5.74) is 3.65. The first-order valence-corrected chi connectivity index (χ1v) is 8.73. The number of fused-ring (bicyclic) bond motifs is 5. The predicted octanol–water partition coefficient (Wildman–Crippen LogP) is 5.76. The molecule has 3 aromatic rings. The van der Waals surface area contributed by atoms with Gasteiger partial charge in [0.1, 0.15) is 0 Å². The maximum Gasteiger partial charge on any atom is 0.334 e. The van der Waals surface area contributed by atoms with Crippen LogP contribution < -0.4 is 0 Å². The molecule has 2 nitrogen and oxygen atoms in total. The standard InChI is InChI=1S/C24H20O2/c1-4-15-24(26-23(25)16(2)3)21-12-8-7-11-19(21)20-14-13-17-9-5-6-10-18(17)22(20)24/h4-15H,2H2,1,3H3. The minimum Gasteiger partial charge on any atom is -0.441 e. The number of esters is 1. The minimum atomic E-state index is -0.947. The van der Waals surface area contributed by atoms with Crippen LogP contribution in [0.2, 0.25) is 0 Å². The Morgan fingerprint density at radius 2 is 1.73 bits per heavy atom. The van der Waals surface area contributed by atoms with Crippen molar-refractivity contribution in [2.45, 2.75) is 19.4 Å². The predicted molar refractivity (Wildman–Crippen MR) is 106 cm³/mol. The Hall–Kier alpha value is -3.13. The molecule has 0 fully saturated rings. The van der Waals surface area contributed by atoms with Crippen molar-refractivity contribution >= 4 is 16.7 Å². The van der Waals surface area contributed by atoms with Gasteiger partial charge in [-0.2, -0.15) is 0 Å². The first kappa shape index (κ1) is 16.3. The van der Waals surface area contributed by atoms with Gasteiger partial charge in [0.2, 0.25) is 0 Å². The highest BCUT2D eigenvalue weighted by molar-refractivity contribution is 5.99. The SMILES string of the molecule is C=C(C)C(=O)OC1(C=CC)c2ccccc2-c2ccc3ccccc3c21. The van der Waals surface area contributed by atoms with E-state index >= 15 is 0 Å². The zero-order valence-corrected chi connectivity index (χ0v) is 15.0. The summed E-state index contributed by atoms with van der Waals surface area (Å²) in [4.78, 5) is 12.6. The lowest BCUT2D eigenvalue weighted by Crippen LogP contribution is -2.30. The van der Waals surface area contributed by atoms with E-state index in [-0.39, 0.29) is 0 Å². The van der Waals surface area contributed by atoms with E-state index in [1.54, 1.807) is 6.92 Å². The average Bonchev–Trinajstić information content (AvgIpc) is 2.93. The lowest BCUT2D eigenvalue weighted by molar-refractivity contribution is -0.147. The van der Waals surface area contributed by atoms with E-state index in [1.165, 1.54) is 0 Å². The van der Waals surface area contributed by atoms with Gasteiger partial charge in [-0.15, -0.1) is 0 Å². The molecule has 1 aliphatic carbocycles. The van der Waals surface area contributed by atoms with Crippen LogP contribution in [-0.4, -0.2) is 5.97 Å². The maximum absolute atomic E-state index is 12.6. The highest BCUT2D eigenvalue weighted by atomic mass is 16.6. The van der Waals surface area contributed by atoms with Crippen molar-refractivity contribution in [3.63, 3.8) is 0 Å².